The quantitative estimate of drug-likeness (QED) is 0.799. The Morgan fingerprint density at radius 3 is 2.48 bits per heavy atom. The van der Waals surface area contributed by atoms with Crippen molar-refractivity contribution in [3.05, 3.63) is 28.2 Å². The van der Waals surface area contributed by atoms with E-state index in [1.165, 1.54) is 12.1 Å². The number of halogens is 4. The van der Waals surface area contributed by atoms with Crippen LogP contribution in [0.15, 0.2) is 22.7 Å². The van der Waals surface area contributed by atoms with Gasteiger partial charge < -0.3 is 10.2 Å². The maximum absolute atomic E-state index is 13.0. The molecule has 1 aromatic rings. The highest BCUT2D eigenvalue weighted by atomic mass is 79.9. The lowest BCUT2D eigenvalue weighted by molar-refractivity contribution is -0.138. The van der Waals surface area contributed by atoms with E-state index in [0.717, 1.165) is 6.54 Å². The highest BCUT2D eigenvalue weighted by Gasteiger charge is 2.34. The summed E-state index contributed by atoms with van der Waals surface area (Å²) in [6, 6.07) is 4.70. The topological polar surface area (TPSA) is 15.3 Å². The number of benzene rings is 1. The molecule has 0 amide bonds. The molecule has 1 N–H and O–H groups in total. The number of piperazine rings is 1. The molecule has 0 radical (unpaired) electrons. The van der Waals surface area contributed by atoms with Gasteiger partial charge in [0.2, 0.25) is 0 Å². The van der Waals surface area contributed by atoms with E-state index in [0.29, 0.717) is 18.8 Å². The number of hydrogen-bond acceptors (Lipinski definition) is 2. The summed E-state index contributed by atoms with van der Waals surface area (Å²) in [7, 11) is 0. The Balaban J connectivity index is 2.26. The van der Waals surface area contributed by atoms with Crippen molar-refractivity contribution < 1.29 is 13.2 Å². The first kappa shape index (κ1) is 16.6. The van der Waals surface area contributed by atoms with Crippen molar-refractivity contribution in [1.82, 2.24) is 5.32 Å². The number of nitrogens with one attached hydrogen (secondary N) is 1. The summed E-state index contributed by atoms with van der Waals surface area (Å²) >= 11 is 2.98. The predicted octanol–water partition coefficient (Wildman–Crippen LogP) is 4.29. The molecule has 1 saturated heterocycles. The molecule has 0 bridgehead atoms. The van der Waals surface area contributed by atoms with Gasteiger partial charge in [-0.15, -0.1) is 0 Å². The molecule has 118 valence electrons. The van der Waals surface area contributed by atoms with Gasteiger partial charge >= 0.3 is 6.18 Å². The Kier molecular flexibility index (Phi) is 4.59. The zero-order valence-corrected chi connectivity index (χ0v) is 14.0. The standard InChI is InChI=1S/C15H20BrF3N2/c1-14(2,3)13-9-21(7-6-20-13)10-4-5-12(16)11(8-10)15(17,18)19/h4-5,8,13,20H,6-7,9H2,1-3H3. The van der Waals surface area contributed by atoms with Gasteiger partial charge in [0, 0.05) is 35.8 Å². The fourth-order valence-electron chi connectivity index (χ4n) is 2.49. The van der Waals surface area contributed by atoms with Crippen molar-refractivity contribution in [2.45, 2.75) is 33.0 Å². The summed E-state index contributed by atoms with van der Waals surface area (Å²) in [5, 5.41) is 3.44. The van der Waals surface area contributed by atoms with Gasteiger partial charge in [0.1, 0.15) is 0 Å². The van der Waals surface area contributed by atoms with Gasteiger partial charge in [0.15, 0.2) is 0 Å². The van der Waals surface area contributed by atoms with Crippen LogP contribution < -0.4 is 10.2 Å². The summed E-state index contributed by atoms with van der Waals surface area (Å²) < 4.78 is 39.1. The first-order valence-electron chi connectivity index (χ1n) is 6.94. The third kappa shape index (κ3) is 3.92. The average molecular weight is 365 g/mol. The van der Waals surface area contributed by atoms with Gasteiger partial charge in [-0.3, -0.25) is 0 Å². The van der Waals surface area contributed by atoms with Crippen LogP contribution in [-0.2, 0) is 6.18 Å². The molecular formula is C15H20BrF3N2. The SMILES string of the molecule is CC(C)(C)C1CN(c2ccc(Br)c(C(F)(F)F)c2)CCN1. The molecule has 6 heteroatoms. The summed E-state index contributed by atoms with van der Waals surface area (Å²) in [4.78, 5) is 2.02. The van der Waals surface area contributed by atoms with Gasteiger partial charge in [-0.2, -0.15) is 13.2 Å². The highest BCUT2D eigenvalue weighted by Crippen LogP contribution is 2.37. The van der Waals surface area contributed by atoms with Crippen LogP contribution in [0.1, 0.15) is 26.3 Å². The van der Waals surface area contributed by atoms with Crippen LogP contribution in [0.4, 0.5) is 18.9 Å². The fraction of sp³-hybridized carbons (Fsp3) is 0.600. The molecule has 0 aromatic heterocycles. The maximum Gasteiger partial charge on any atom is 0.417 e. The fourth-order valence-corrected chi connectivity index (χ4v) is 2.96. The van der Waals surface area contributed by atoms with Crippen molar-refractivity contribution in [3.63, 3.8) is 0 Å². The predicted molar refractivity (Wildman–Crippen MR) is 82.6 cm³/mol. The molecule has 2 rings (SSSR count). The third-order valence-corrected chi connectivity index (χ3v) is 4.53. The van der Waals surface area contributed by atoms with Crippen LogP contribution in [0.5, 0.6) is 0 Å². The van der Waals surface area contributed by atoms with E-state index < -0.39 is 11.7 Å². The Morgan fingerprint density at radius 2 is 1.90 bits per heavy atom. The molecule has 1 aromatic carbocycles. The lowest BCUT2D eigenvalue weighted by Crippen LogP contribution is -2.56. The molecule has 1 atom stereocenters. The van der Waals surface area contributed by atoms with Crippen molar-refractivity contribution in [2.24, 2.45) is 5.41 Å². The zero-order valence-electron chi connectivity index (χ0n) is 12.4. The minimum Gasteiger partial charge on any atom is -0.369 e. The van der Waals surface area contributed by atoms with E-state index in [1.54, 1.807) is 6.07 Å². The monoisotopic (exact) mass is 364 g/mol. The molecule has 1 fully saturated rings. The van der Waals surface area contributed by atoms with Crippen molar-refractivity contribution in [3.8, 4) is 0 Å². The van der Waals surface area contributed by atoms with E-state index in [2.05, 4.69) is 42.0 Å². The van der Waals surface area contributed by atoms with Crippen molar-refractivity contribution in [1.29, 1.82) is 0 Å². The van der Waals surface area contributed by atoms with E-state index in [-0.39, 0.29) is 15.9 Å². The minimum atomic E-state index is -4.34. The molecule has 1 unspecified atom stereocenters. The van der Waals surface area contributed by atoms with E-state index in [4.69, 9.17) is 0 Å². The number of anilines is 1. The van der Waals surface area contributed by atoms with Crippen LogP contribution in [0.25, 0.3) is 0 Å². The number of alkyl halides is 3. The zero-order chi connectivity index (χ0) is 15.8. The Bertz CT molecular complexity index is 509. The van der Waals surface area contributed by atoms with Gasteiger partial charge in [0.25, 0.3) is 0 Å². The number of nitrogens with zero attached hydrogens (tertiary/aromatic N) is 1. The van der Waals surface area contributed by atoms with E-state index in [1.807, 2.05) is 4.90 Å². The molecule has 0 saturated carbocycles. The number of hydrogen-bond donors (Lipinski definition) is 1. The highest BCUT2D eigenvalue weighted by molar-refractivity contribution is 9.10. The summed E-state index contributed by atoms with van der Waals surface area (Å²) in [6.45, 7) is 8.61. The van der Waals surface area contributed by atoms with Gasteiger partial charge in [-0.05, 0) is 23.6 Å². The molecule has 21 heavy (non-hydrogen) atoms. The molecule has 2 nitrogen and oxygen atoms in total. The number of rotatable bonds is 1. The maximum atomic E-state index is 13.0. The van der Waals surface area contributed by atoms with Crippen LogP contribution in [-0.4, -0.2) is 25.7 Å². The molecule has 0 spiro atoms. The van der Waals surface area contributed by atoms with Crippen molar-refractivity contribution >= 4 is 21.6 Å². The Hall–Kier alpha value is -0.750. The molecular weight excluding hydrogens is 345 g/mol. The lowest BCUT2D eigenvalue weighted by Gasteiger charge is -2.41. The summed E-state index contributed by atoms with van der Waals surface area (Å²) in [5.74, 6) is 0. The van der Waals surface area contributed by atoms with Crippen LogP contribution in [0.2, 0.25) is 0 Å². The Morgan fingerprint density at radius 1 is 1.24 bits per heavy atom. The second-order valence-electron chi connectivity index (χ2n) is 6.48. The van der Waals surface area contributed by atoms with Gasteiger partial charge in [-0.25, -0.2) is 0 Å². The molecule has 1 aliphatic rings. The molecule has 1 aliphatic heterocycles. The molecule has 0 aliphatic carbocycles. The normalized spacial score (nSPS) is 20.7. The minimum absolute atomic E-state index is 0.0703. The van der Waals surface area contributed by atoms with E-state index >= 15 is 0 Å². The lowest BCUT2D eigenvalue weighted by atomic mass is 9.85. The van der Waals surface area contributed by atoms with Gasteiger partial charge in [0.05, 0.1) is 5.56 Å². The second kappa shape index (κ2) is 5.80. The largest absolute Gasteiger partial charge is 0.417 e. The smallest absolute Gasteiger partial charge is 0.369 e. The van der Waals surface area contributed by atoms with E-state index in [9.17, 15) is 13.2 Å². The second-order valence-corrected chi connectivity index (χ2v) is 7.33. The van der Waals surface area contributed by atoms with Crippen molar-refractivity contribution in [2.75, 3.05) is 24.5 Å². The molecule has 1 heterocycles. The van der Waals surface area contributed by atoms with Crippen LogP contribution >= 0.6 is 15.9 Å². The Labute approximate surface area is 131 Å². The summed E-state index contributed by atoms with van der Waals surface area (Å²) in [6.07, 6.45) is -4.34. The van der Waals surface area contributed by atoms with Crippen LogP contribution in [0, 0.1) is 5.41 Å². The average Bonchev–Trinajstić information content (AvgIpc) is 2.37. The first-order valence-corrected chi connectivity index (χ1v) is 7.73. The summed E-state index contributed by atoms with van der Waals surface area (Å²) in [5.41, 5.74) is 0.0769. The van der Waals surface area contributed by atoms with Gasteiger partial charge in [-0.1, -0.05) is 36.7 Å². The first-order chi connectivity index (χ1) is 9.59. The third-order valence-electron chi connectivity index (χ3n) is 3.84. The van der Waals surface area contributed by atoms with Crippen LogP contribution in [0.3, 0.4) is 0 Å².